The summed E-state index contributed by atoms with van der Waals surface area (Å²) >= 11 is 0. The van der Waals surface area contributed by atoms with Crippen molar-refractivity contribution in [2.45, 2.75) is 51.6 Å². The number of amides is 1. The molecule has 1 saturated heterocycles. The lowest BCUT2D eigenvalue weighted by Crippen LogP contribution is -2.25. The summed E-state index contributed by atoms with van der Waals surface area (Å²) in [5.74, 6) is -0.363. The van der Waals surface area contributed by atoms with Gasteiger partial charge in [-0.15, -0.1) is 0 Å². The fourth-order valence-electron chi connectivity index (χ4n) is 4.17. The molecule has 1 amide bonds. The SMILES string of the molecule is Cc1ccc(F)cc1CNC(=O)c1nn([C@@H]2CCS(=O)(=O)C2)c2c1CCCC2. The van der Waals surface area contributed by atoms with E-state index in [1.807, 2.05) is 6.92 Å². The van der Waals surface area contributed by atoms with Crippen molar-refractivity contribution in [2.24, 2.45) is 0 Å². The number of hydrogen-bond donors (Lipinski definition) is 1. The molecule has 1 aliphatic heterocycles. The first-order chi connectivity index (χ1) is 13.3. The van der Waals surface area contributed by atoms with Crippen LogP contribution < -0.4 is 5.32 Å². The van der Waals surface area contributed by atoms with Crippen molar-refractivity contribution in [3.05, 3.63) is 52.1 Å². The lowest BCUT2D eigenvalue weighted by atomic mass is 9.95. The molecule has 1 fully saturated rings. The van der Waals surface area contributed by atoms with E-state index < -0.39 is 9.84 Å². The van der Waals surface area contributed by atoms with E-state index in [-0.39, 0.29) is 35.8 Å². The largest absolute Gasteiger partial charge is 0.347 e. The fourth-order valence-corrected chi connectivity index (χ4v) is 5.86. The molecule has 0 unspecified atom stereocenters. The van der Waals surface area contributed by atoms with E-state index in [9.17, 15) is 17.6 Å². The van der Waals surface area contributed by atoms with E-state index in [0.29, 0.717) is 12.1 Å². The standard InChI is InChI=1S/C20H24FN3O3S/c1-13-6-7-15(21)10-14(13)11-22-20(25)19-17-4-2-3-5-18(17)24(23-19)16-8-9-28(26,27)12-16/h6-7,10,16H,2-5,8-9,11-12H2,1H3,(H,22,25)/t16-/m1/s1. The van der Waals surface area contributed by atoms with E-state index >= 15 is 0 Å². The molecule has 1 atom stereocenters. The smallest absolute Gasteiger partial charge is 0.272 e. The Morgan fingerprint density at radius 1 is 1.32 bits per heavy atom. The summed E-state index contributed by atoms with van der Waals surface area (Å²) in [6.45, 7) is 2.10. The molecule has 8 heteroatoms. The molecule has 1 aromatic heterocycles. The van der Waals surface area contributed by atoms with E-state index in [4.69, 9.17) is 0 Å². The van der Waals surface area contributed by atoms with Gasteiger partial charge in [-0.3, -0.25) is 9.48 Å². The van der Waals surface area contributed by atoms with Crippen molar-refractivity contribution in [1.82, 2.24) is 15.1 Å². The molecule has 0 spiro atoms. The maximum Gasteiger partial charge on any atom is 0.272 e. The first-order valence-electron chi connectivity index (χ1n) is 9.68. The van der Waals surface area contributed by atoms with Gasteiger partial charge in [-0.1, -0.05) is 6.07 Å². The molecular weight excluding hydrogens is 381 g/mol. The Kier molecular flexibility index (Phi) is 4.99. The third-order valence-electron chi connectivity index (χ3n) is 5.73. The lowest BCUT2D eigenvalue weighted by Gasteiger charge is -2.17. The van der Waals surface area contributed by atoms with Crippen LogP contribution in [0.15, 0.2) is 18.2 Å². The second kappa shape index (κ2) is 7.31. The molecule has 4 rings (SSSR count). The van der Waals surface area contributed by atoms with Crippen LogP contribution in [-0.4, -0.2) is 35.6 Å². The monoisotopic (exact) mass is 405 g/mol. The highest BCUT2D eigenvalue weighted by molar-refractivity contribution is 7.91. The number of sulfone groups is 1. The van der Waals surface area contributed by atoms with Crippen molar-refractivity contribution >= 4 is 15.7 Å². The lowest BCUT2D eigenvalue weighted by molar-refractivity contribution is 0.0943. The number of rotatable bonds is 4. The van der Waals surface area contributed by atoms with Crippen molar-refractivity contribution in [1.29, 1.82) is 0 Å². The Labute approximate surface area is 164 Å². The molecule has 0 radical (unpaired) electrons. The Balaban J connectivity index is 1.59. The summed E-state index contributed by atoms with van der Waals surface area (Å²) in [4.78, 5) is 12.8. The number of carbonyl (C=O) groups excluding carboxylic acids is 1. The normalized spacial score (nSPS) is 20.7. The molecule has 1 aromatic carbocycles. The minimum absolute atomic E-state index is 0.0880. The van der Waals surface area contributed by atoms with Gasteiger partial charge in [-0.25, -0.2) is 12.8 Å². The minimum atomic E-state index is -3.03. The number of nitrogens with zero attached hydrogens (tertiary/aromatic N) is 2. The Morgan fingerprint density at radius 3 is 2.86 bits per heavy atom. The first kappa shape index (κ1) is 19.1. The number of hydrogen-bond acceptors (Lipinski definition) is 4. The summed E-state index contributed by atoms with van der Waals surface area (Å²) in [5, 5.41) is 7.41. The topological polar surface area (TPSA) is 81.1 Å². The second-order valence-corrected chi connectivity index (χ2v) is 9.96. The van der Waals surface area contributed by atoms with Gasteiger partial charge >= 0.3 is 0 Å². The van der Waals surface area contributed by atoms with Crippen LogP contribution in [0, 0.1) is 12.7 Å². The Hall–Kier alpha value is -2.22. The number of nitrogens with one attached hydrogen (secondary N) is 1. The fraction of sp³-hybridized carbons (Fsp3) is 0.500. The summed E-state index contributed by atoms with van der Waals surface area (Å²) < 4.78 is 39.1. The van der Waals surface area contributed by atoms with Crippen LogP contribution in [0.4, 0.5) is 4.39 Å². The molecule has 2 aliphatic rings. The molecule has 6 nitrogen and oxygen atoms in total. The summed E-state index contributed by atoms with van der Waals surface area (Å²) in [6.07, 6.45) is 4.14. The number of aromatic nitrogens is 2. The van der Waals surface area contributed by atoms with Crippen LogP contribution in [0.1, 0.15) is 58.2 Å². The molecule has 0 saturated carbocycles. The van der Waals surface area contributed by atoms with Crippen LogP contribution in [0.2, 0.25) is 0 Å². The molecule has 2 aromatic rings. The van der Waals surface area contributed by atoms with Gasteiger partial charge in [0.15, 0.2) is 15.5 Å². The summed E-state index contributed by atoms with van der Waals surface area (Å²) in [7, 11) is -3.03. The van der Waals surface area contributed by atoms with Crippen LogP contribution >= 0.6 is 0 Å². The second-order valence-electron chi connectivity index (χ2n) is 7.74. The highest BCUT2D eigenvalue weighted by Crippen LogP contribution is 2.31. The zero-order valence-electron chi connectivity index (χ0n) is 15.9. The molecule has 1 aliphatic carbocycles. The number of halogens is 1. The summed E-state index contributed by atoms with van der Waals surface area (Å²) in [6, 6.07) is 4.32. The predicted octanol–water partition coefficient (Wildman–Crippen LogP) is 2.50. The third-order valence-corrected chi connectivity index (χ3v) is 7.48. The molecule has 28 heavy (non-hydrogen) atoms. The predicted molar refractivity (Wildman–Crippen MR) is 103 cm³/mol. The third kappa shape index (κ3) is 3.70. The van der Waals surface area contributed by atoms with E-state index in [2.05, 4.69) is 10.4 Å². The highest BCUT2D eigenvalue weighted by atomic mass is 32.2. The molecular formula is C20H24FN3O3S. The average molecular weight is 405 g/mol. The number of carbonyl (C=O) groups is 1. The van der Waals surface area contributed by atoms with Crippen molar-refractivity contribution < 1.29 is 17.6 Å². The van der Waals surface area contributed by atoms with Crippen LogP contribution in [-0.2, 0) is 29.2 Å². The Bertz CT molecular complexity index is 1030. The number of aryl methyl sites for hydroxylation is 1. The molecule has 0 bridgehead atoms. The van der Waals surface area contributed by atoms with Gasteiger partial charge in [-0.05, 0) is 62.3 Å². The van der Waals surface area contributed by atoms with Crippen LogP contribution in [0.25, 0.3) is 0 Å². The van der Waals surface area contributed by atoms with Crippen molar-refractivity contribution in [2.75, 3.05) is 11.5 Å². The van der Waals surface area contributed by atoms with Gasteiger partial charge in [0, 0.05) is 17.8 Å². The van der Waals surface area contributed by atoms with Crippen molar-refractivity contribution in [3.63, 3.8) is 0 Å². The van der Waals surface area contributed by atoms with E-state index in [1.165, 1.54) is 12.1 Å². The van der Waals surface area contributed by atoms with Crippen LogP contribution in [0.5, 0.6) is 0 Å². The minimum Gasteiger partial charge on any atom is -0.347 e. The Morgan fingerprint density at radius 2 is 2.11 bits per heavy atom. The number of benzene rings is 1. The molecule has 150 valence electrons. The van der Waals surface area contributed by atoms with E-state index in [0.717, 1.165) is 48.1 Å². The van der Waals surface area contributed by atoms with Gasteiger partial charge < -0.3 is 5.32 Å². The number of fused-ring (bicyclic) bond motifs is 1. The molecule has 2 heterocycles. The highest BCUT2D eigenvalue weighted by Gasteiger charge is 2.34. The zero-order valence-corrected chi connectivity index (χ0v) is 16.7. The average Bonchev–Trinajstić information content (AvgIpc) is 3.22. The first-order valence-corrected chi connectivity index (χ1v) is 11.5. The van der Waals surface area contributed by atoms with E-state index in [1.54, 1.807) is 10.7 Å². The zero-order chi connectivity index (χ0) is 19.9. The maximum atomic E-state index is 13.5. The quantitative estimate of drug-likeness (QED) is 0.847. The summed E-state index contributed by atoms with van der Waals surface area (Å²) in [5.41, 5.74) is 3.95. The molecule has 1 N–H and O–H groups in total. The van der Waals surface area contributed by atoms with Gasteiger partial charge in [0.05, 0.1) is 17.5 Å². The van der Waals surface area contributed by atoms with Gasteiger partial charge in [-0.2, -0.15) is 5.10 Å². The maximum absolute atomic E-state index is 13.5. The van der Waals surface area contributed by atoms with Crippen molar-refractivity contribution in [3.8, 4) is 0 Å². The van der Waals surface area contributed by atoms with Crippen LogP contribution in [0.3, 0.4) is 0 Å². The van der Waals surface area contributed by atoms with Gasteiger partial charge in [0.25, 0.3) is 5.91 Å². The van der Waals surface area contributed by atoms with Gasteiger partial charge in [0.2, 0.25) is 0 Å². The van der Waals surface area contributed by atoms with Gasteiger partial charge in [0.1, 0.15) is 5.82 Å².